The van der Waals surface area contributed by atoms with Crippen LogP contribution in [0.2, 0.25) is 0 Å². The number of hydrogen-bond acceptors (Lipinski definition) is 3. The Labute approximate surface area is 201 Å². The average Bonchev–Trinajstić information content (AvgIpc) is 2.80. The lowest BCUT2D eigenvalue weighted by molar-refractivity contribution is -0.275. The van der Waals surface area contributed by atoms with Gasteiger partial charge >= 0.3 is 12.5 Å². The van der Waals surface area contributed by atoms with Gasteiger partial charge in [0.25, 0.3) is 0 Å². The van der Waals surface area contributed by atoms with Crippen molar-refractivity contribution < 1.29 is 40.3 Å². The van der Waals surface area contributed by atoms with Gasteiger partial charge in [0.15, 0.2) is 11.6 Å². The first-order valence-corrected chi connectivity index (χ1v) is 10.6. The Balaban J connectivity index is 1.92. The van der Waals surface area contributed by atoms with Crippen molar-refractivity contribution in [2.24, 2.45) is 5.73 Å². The first-order chi connectivity index (χ1) is 16.8. The lowest BCUT2D eigenvalue weighted by Gasteiger charge is -2.25. The number of aryl methyl sites for hydroxylation is 1. The predicted molar refractivity (Wildman–Crippen MR) is 117 cm³/mol. The second-order valence-corrected chi connectivity index (χ2v) is 7.94. The van der Waals surface area contributed by atoms with Crippen molar-refractivity contribution in [1.82, 2.24) is 5.32 Å². The Morgan fingerprint density at radius 3 is 2.08 bits per heavy atom. The molecule has 1 unspecified atom stereocenters. The van der Waals surface area contributed by atoms with Crippen LogP contribution >= 0.6 is 0 Å². The van der Waals surface area contributed by atoms with Crippen LogP contribution in [-0.2, 0) is 17.4 Å². The van der Waals surface area contributed by atoms with E-state index in [4.69, 9.17) is 5.73 Å². The van der Waals surface area contributed by atoms with Gasteiger partial charge in [-0.1, -0.05) is 48.5 Å². The van der Waals surface area contributed by atoms with Crippen LogP contribution in [0.15, 0.2) is 72.8 Å². The molecule has 0 aliphatic heterocycles. The fourth-order valence-corrected chi connectivity index (χ4v) is 3.65. The maximum atomic E-state index is 14.0. The molecular formula is C25H21F7N2O2. The number of benzene rings is 3. The predicted octanol–water partition coefficient (Wildman–Crippen LogP) is 6.23. The lowest BCUT2D eigenvalue weighted by atomic mass is 9.95. The van der Waals surface area contributed by atoms with Crippen molar-refractivity contribution in [2.45, 2.75) is 37.5 Å². The first kappa shape index (κ1) is 27.0. The van der Waals surface area contributed by atoms with E-state index in [-0.39, 0.29) is 18.4 Å². The summed E-state index contributed by atoms with van der Waals surface area (Å²) in [7, 11) is 0. The molecule has 3 rings (SSSR count). The molecule has 0 radical (unpaired) electrons. The molecule has 0 aliphatic carbocycles. The Bertz CT molecular complexity index is 1160. The molecule has 3 aromatic carbocycles. The number of ether oxygens (including phenoxy) is 1. The summed E-state index contributed by atoms with van der Waals surface area (Å²) in [6.07, 6.45) is -9.33. The second-order valence-electron chi connectivity index (χ2n) is 7.94. The molecule has 0 spiro atoms. The van der Waals surface area contributed by atoms with Crippen molar-refractivity contribution in [3.05, 3.63) is 101 Å². The zero-order valence-electron chi connectivity index (χ0n) is 18.5. The molecular weight excluding hydrogens is 493 g/mol. The highest BCUT2D eigenvalue weighted by Gasteiger charge is 2.33. The number of primary amides is 1. The topological polar surface area (TPSA) is 64.4 Å². The molecule has 3 aromatic rings. The maximum absolute atomic E-state index is 14.0. The molecule has 0 saturated carbocycles. The standard InChI is InChI=1S/C25H21F7N2O2/c26-19-12-9-17(14-21(19)36-25(30,31)32)20(34-22(23(33)35)16-4-2-1-3-5-16)13-8-15-6-10-18(11-7-15)24(27,28)29/h1-7,9-12,14,20,22,34H,8,13H2,(H2,33,35)/t20-,22?/m1/s1. The summed E-state index contributed by atoms with van der Waals surface area (Å²) in [6.45, 7) is 0. The number of nitrogens with two attached hydrogens (primary N) is 1. The van der Waals surface area contributed by atoms with Crippen LogP contribution in [-0.4, -0.2) is 12.3 Å². The molecule has 0 bridgehead atoms. The van der Waals surface area contributed by atoms with E-state index < -0.39 is 47.7 Å². The Kier molecular flexibility index (Phi) is 8.24. The number of amides is 1. The highest BCUT2D eigenvalue weighted by molar-refractivity contribution is 5.81. The molecule has 0 saturated heterocycles. The minimum atomic E-state index is -5.14. The van der Waals surface area contributed by atoms with E-state index in [0.29, 0.717) is 11.1 Å². The second kappa shape index (κ2) is 11.0. The monoisotopic (exact) mass is 514 g/mol. The van der Waals surface area contributed by atoms with Gasteiger partial charge in [0.05, 0.1) is 5.56 Å². The number of rotatable bonds is 9. The largest absolute Gasteiger partial charge is 0.573 e. The highest BCUT2D eigenvalue weighted by Crippen LogP contribution is 2.32. The molecule has 1 amide bonds. The van der Waals surface area contributed by atoms with E-state index in [9.17, 15) is 35.5 Å². The maximum Gasteiger partial charge on any atom is 0.573 e. The van der Waals surface area contributed by atoms with Crippen molar-refractivity contribution in [2.75, 3.05) is 0 Å². The quantitative estimate of drug-likeness (QED) is 0.333. The van der Waals surface area contributed by atoms with Crippen molar-refractivity contribution >= 4 is 5.91 Å². The van der Waals surface area contributed by atoms with Gasteiger partial charge in [-0.2, -0.15) is 13.2 Å². The summed E-state index contributed by atoms with van der Waals surface area (Å²) in [5.74, 6) is -3.07. The van der Waals surface area contributed by atoms with Gasteiger partial charge in [0.2, 0.25) is 5.91 Å². The summed E-state index contributed by atoms with van der Waals surface area (Å²) in [5, 5.41) is 2.99. The van der Waals surface area contributed by atoms with Crippen LogP contribution in [0.25, 0.3) is 0 Å². The van der Waals surface area contributed by atoms with Crippen LogP contribution in [0.3, 0.4) is 0 Å². The molecule has 0 aliphatic rings. The molecule has 192 valence electrons. The molecule has 0 aromatic heterocycles. The van der Waals surface area contributed by atoms with Crippen molar-refractivity contribution in [3.63, 3.8) is 0 Å². The third-order valence-corrected chi connectivity index (χ3v) is 5.37. The van der Waals surface area contributed by atoms with Gasteiger partial charge in [0, 0.05) is 6.04 Å². The first-order valence-electron chi connectivity index (χ1n) is 10.6. The molecule has 2 atom stereocenters. The van der Waals surface area contributed by atoms with E-state index >= 15 is 0 Å². The zero-order chi connectivity index (χ0) is 26.5. The van der Waals surface area contributed by atoms with Gasteiger partial charge in [-0.05, 0) is 53.8 Å². The number of carbonyl (C=O) groups excluding carboxylic acids is 1. The summed E-state index contributed by atoms with van der Waals surface area (Å²) >= 11 is 0. The fourth-order valence-electron chi connectivity index (χ4n) is 3.65. The Morgan fingerprint density at radius 1 is 0.889 bits per heavy atom. The summed E-state index contributed by atoms with van der Waals surface area (Å²) in [4.78, 5) is 12.2. The number of carbonyl (C=O) groups is 1. The number of nitrogens with one attached hydrogen (secondary N) is 1. The fraction of sp³-hybridized carbons (Fsp3) is 0.240. The summed E-state index contributed by atoms with van der Waals surface area (Å²) in [6, 6.07) is 13.7. The van der Waals surface area contributed by atoms with Crippen LogP contribution in [0.4, 0.5) is 30.7 Å². The van der Waals surface area contributed by atoms with E-state index in [1.165, 1.54) is 18.2 Å². The van der Waals surface area contributed by atoms with Gasteiger partial charge in [-0.15, -0.1) is 13.2 Å². The van der Waals surface area contributed by atoms with Crippen LogP contribution in [0.5, 0.6) is 5.75 Å². The number of alkyl halides is 6. The van der Waals surface area contributed by atoms with Gasteiger partial charge < -0.3 is 10.5 Å². The Hall–Kier alpha value is -3.60. The van der Waals surface area contributed by atoms with E-state index in [0.717, 1.165) is 24.3 Å². The number of hydrogen-bond donors (Lipinski definition) is 2. The molecule has 3 N–H and O–H groups in total. The summed E-state index contributed by atoms with van der Waals surface area (Å²) in [5.41, 5.74) is 5.88. The normalized spacial score (nSPS) is 13.8. The van der Waals surface area contributed by atoms with E-state index in [1.807, 2.05) is 0 Å². The van der Waals surface area contributed by atoms with E-state index in [1.54, 1.807) is 30.3 Å². The molecule has 36 heavy (non-hydrogen) atoms. The molecule has 4 nitrogen and oxygen atoms in total. The highest BCUT2D eigenvalue weighted by atomic mass is 19.4. The number of halogens is 7. The van der Waals surface area contributed by atoms with Crippen LogP contribution in [0, 0.1) is 5.82 Å². The Morgan fingerprint density at radius 2 is 1.53 bits per heavy atom. The van der Waals surface area contributed by atoms with Gasteiger partial charge in [-0.25, -0.2) is 4.39 Å². The SMILES string of the molecule is NC(=O)C(N[C@H](CCc1ccc(C(F)(F)F)cc1)c1ccc(F)c(OC(F)(F)F)c1)c1ccccc1. The van der Waals surface area contributed by atoms with Gasteiger partial charge in [-0.3, -0.25) is 10.1 Å². The van der Waals surface area contributed by atoms with E-state index in [2.05, 4.69) is 10.1 Å². The van der Waals surface area contributed by atoms with Crippen molar-refractivity contribution in [3.8, 4) is 5.75 Å². The smallest absolute Gasteiger partial charge is 0.403 e. The zero-order valence-corrected chi connectivity index (χ0v) is 18.5. The van der Waals surface area contributed by atoms with Crippen molar-refractivity contribution in [1.29, 1.82) is 0 Å². The molecule has 11 heteroatoms. The van der Waals surface area contributed by atoms with Gasteiger partial charge in [0.1, 0.15) is 6.04 Å². The minimum Gasteiger partial charge on any atom is -0.403 e. The van der Waals surface area contributed by atoms with Crippen LogP contribution < -0.4 is 15.8 Å². The third kappa shape index (κ3) is 7.45. The lowest BCUT2D eigenvalue weighted by Crippen LogP contribution is -2.36. The molecule has 0 fully saturated rings. The molecule has 0 heterocycles. The van der Waals surface area contributed by atoms with Crippen LogP contribution in [0.1, 0.15) is 40.8 Å². The average molecular weight is 514 g/mol. The minimum absolute atomic E-state index is 0.124. The summed E-state index contributed by atoms with van der Waals surface area (Å²) < 4.78 is 94.5. The third-order valence-electron chi connectivity index (χ3n) is 5.37.